The number of pyridine rings is 2. The monoisotopic (exact) mass is 539 g/mol. The zero-order valence-corrected chi connectivity index (χ0v) is 22.2. The van der Waals surface area contributed by atoms with Crippen LogP contribution in [0.2, 0.25) is 0 Å². The molecule has 1 spiro atoms. The molecule has 5 rings (SSSR count). The second-order valence-electron chi connectivity index (χ2n) is 9.91. The largest absolute Gasteiger partial charge is 0.476 e. The first kappa shape index (κ1) is 25.7. The maximum absolute atomic E-state index is 13.1. The Balaban J connectivity index is 1.50. The van der Waals surface area contributed by atoms with Crippen molar-refractivity contribution in [1.82, 2.24) is 14.9 Å². The molecule has 0 bridgehead atoms. The molecule has 2 aromatic heterocycles. The van der Waals surface area contributed by atoms with E-state index >= 15 is 0 Å². The smallest absolute Gasteiger partial charge is 0.407 e. The molecule has 1 fully saturated rings. The number of rotatable bonds is 8. The Morgan fingerprint density at radius 2 is 1.97 bits per heavy atom. The first-order valence-corrected chi connectivity index (χ1v) is 14.2. The van der Waals surface area contributed by atoms with Crippen molar-refractivity contribution in [3.05, 3.63) is 42.2 Å². The van der Waals surface area contributed by atoms with Gasteiger partial charge in [-0.3, -0.25) is 14.5 Å². The highest BCUT2D eigenvalue weighted by molar-refractivity contribution is 7.92. The van der Waals surface area contributed by atoms with E-state index in [0.29, 0.717) is 12.0 Å². The standard InChI is InChI=1S/C26H29N5O6S/c1-30(25(33)34)10-5-11-37-23-20(29-38(3,35)36)13-17(14-28-23)16-6-7-19-18(12-16)22-21(15-27-19)31(2)24(32)26(22)8-4-9-26/h6-7,12-15,29H,4-5,8-11H2,1-3H3,(H,33,34). The maximum Gasteiger partial charge on any atom is 0.407 e. The van der Waals surface area contributed by atoms with Gasteiger partial charge in [0, 0.05) is 43.4 Å². The van der Waals surface area contributed by atoms with E-state index in [2.05, 4.69) is 14.7 Å². The minimum absolute atomic E-state index is 0.0983. The van der Waals surface area contributed by atoms with Crippen molar-refractivity contribution in [2.75, 3.05) is 43.1 Å². The van der Waals surface area contributed by atoms with Crippen molar-refractivity contribution in [3.8, 4) is 17.0 Å². The summed E-state index contributed by atoms with van der Waals surface area (Å²) < 4.78 is 32.3. The van der Waals surface area contributed by atoms with Gasteiger partial charge < -0.3 is 19.6 Å². The number of nitrogens with one attached hydrogen (secondary N) is 1. The van der Waals surface area contributed by atoms with E-state index in [1.54, 1.807) is 30.4 Å². The summed E-state index contributed by atoms with van der Waals surface area (Å²) in [6.45, 7) is 0.413. The molecule has 3 aromatic rings. The number of hydrogen-bond acceptors (Lipinski definition) is 7. The lowest BCUT2D eigenvalue weighted by Crippen LogP contribution is -2.43. The second-order valence-corrected chi connectivity index (χ2v) is 11.7. The summed E-state index contributed by atoms with van der Waals surface area (Å²) >= 11 is 0. The van der Waals surface area contributed by atoms with Gasteiger partial charge in [-0.2, -0.15) is 0 Å². The number of carboxylic acid groups (broad SMARTS) is 1. The summed E-state index contributed by atoms with van der Waals surface area (Å²) in [6, 6.07) is 7.42. The number of ether oxygens (including phenoxy) is 1. The van der Waals surface area contributed by atoms with Crippen LogP contribution in [0.1, 0.15) is 31.2 Å². The molecule has 2 N–H and O–H groups in total. The molecule has 1 aliphatic heterocycles. The van der Waals surface area contributed by atoms with Crippen LogP contribution in [0.5, 0.6) is 5.88 Å². The van der Waals surface area contributed by atoms with E-state index in [1.165, 1.54) is 7.05 Å². The van der Waals surface area contributed by atoms with Crippen LogP contribution in [0.4, 0.5) is 16.2 Å². The van der Waals surface area contributed by atoms with Gasteiger partial charge >= 0.3 is 6.09 Å². The zero-order valence-electron chi connectivity index (χ0n) is 21.4. The van der Waals surface area contributed by atoms with Crippen LogP contribution in [-0.2, 0) is 20.2 Å². The van der Waals surface area contributed by atoms with Gasteiger partial charge in [0.15, 0.2) is 0 Å². The van der Waals surface area contributed by atoms with Crippen LogP contribution < -0.4 is 14.4 Å². The Kier molecular flexibility index (Phi) is 6.38. The molecule has 38 heavy (non-hydrogen) atoms. The third-order valence-corrected chi connectivity index (χ3v) is 7.88. The third kappa shape index (κ3) is 4.49. The number of nitrogens with zero attached hydrogens (tertiary/aromatic N) is 4. The number of amides is 2. The molecule has 2 amide bonds. The summed E-state index contributed by atoms with van der Waals surface area (Å²) in [5.74, 6) is 0.206. The van der Waals surface area contributed by atoms with Gasteiger partial charge in [0.05, 0.1) is 35.7 Å². The summed E-state index contributed by atoms with van der Waals surface area (Å²) in [5, 5.41) is 9.87. The molecule has 0 atom stereocenters. The van der Waals surface area contributed by atoms with Gasteiger partial charge in [0.25, 0.3) is 0 Å². The van der Waals surface area contributed by atoms with Gasteiger partial charge in [-0.25, -0.2) is 18.2 Å². The van der Waals surface area contributed by atoms with E-state index in [-0.39, 0.29) is 30.6 Å². The number of carbonyl (C=O) groups is 2. The summed E-state index contributed by atoms with van der Waals surface area (Å²) in [4.78, 5) is 35.9. The Morgan fingerprint density at radius 3 is 2.63 bits per heavy atom. The third-order valence-electron chi connectivity index (χ3n) is 7.29. The minimum atomic E-state index is -3.63. The van der Waals surface area contributed by atoms with Crippen molar-refractivity contribution in [3.63, 3.8) is 0 Å². The highest BCUT2D eigenvalue weighted by Crippen LogP contribution is 2.55. The van der Waals surface area contributed by atoms with Crippen LogP contribution in [0.25, 0.3) is 22.0 Å². The van der Waals surface area contributed by atoms with Gasteiger partial charge in [-0.05, 0) is 43.0 Å². The van der Waals surface area contributed by atoms with E-state index in [4.69, 9.17) is 9.84 Å². The number of likely N-dealkylation sites (N-methyl/N-ethyl adjacent to an activating group) is 1. The van der Waals surface area contributed by atoms with Crippen LogP contribution in [0, 0.1) is 0 Å². The van der Waals surface area contributed by atoms with Crippen molar-refractivity contribution >= 4 is 44.3 Å². The van der Waals surface area contributed by atoms with Crippen molar-refractivity contribution in [2.45, 2.75) is 31.1 Å². The lowest BCUT2D eigenvalue weighted by molar-refractivity contribution is -0.125. The van der Waals surface area contributed by atoms with E-state index in [9.17, 15) is 18.0 Å². The SMILES string of the molecule is CN(CCCOc1ncc(-c2ccc3ncc4c(c3c2)C2(CCC2)C(=O)N4C)cc1NS(C)(=O)=O)C(=O)O. The number of sulfonamides is 1. The van der Waals surface area contributed by atoms with E-state index < -0.39 is 21.5 Å². The Bertz CT molecular complexity index is 1550. The van der Waals surface area contributed by atoms with Crippen LogP contribution >= 0.6 is 0 Å². The fraction of sp³-hybridized carbons (Fsp3) is 0.385. The lowest BCUT2D eigenvalue weighted by atomic mass is 9.64. The highest BCUT2D eigenvalue weighted by atomic mass is 32.2. The van der Waals surface area contributed by atoms with Gasteiger partial charge in [-0.15, -0.1) is 0 Å². The van der Waals surface area contributed by atoms with Crippen LogP contribution in [0.3, 0.4) is 0 Å². The van der Waals surface area contributed by atoms with E-state index in [1.807, 2.05) is 18.2 Å². The topological polar surface area (TPSA) is 142 Å². The second kappa shape index (κ2) is 9.43. The highest BCUT2D eigenvalue weighted by Gasteiger charge is 2.54. The molecule has 1 saturated carbocycles. The van der Waals surface area contributed by atoms with Crippen molar-refractivity contribution < 1.29 is 27.9 Å². The number of hydrogen-bond donors (Lipinski definition) is 2. The normalized spacial score (nSPS) is 15.9. The molecule has 12 heteroatoms. The van der Waals surface area contributed by atoms with Gasteiger partial charge in [0.1, 0.15) is 5.69 Å². The lowest BCUT2D eigenvalue weighted by Gasteiger charge is -2.37. The molecule has 200 valence electrons. The Hall–Kier alpha value is -3.93. The summed E-state index contributed by atoms with van der Waals surface area (Å²) in [7, 11) is -0.381. The number of fused-ring (bicyclic) bond motifs is 4. The first-order chi connectivity index (χ1) is 18.0. The average Bonchev–Trinajstić information content (AvgIpc) is 3.08. The maximum atomic E-state index is 13.1. The Morgan fingerprint density at radius 1 is 1.21 bits per heavy atom. The quantitative estimate of drug-likeness (QED) is 0.415. The average molecular weight is 540 g/mol. The molecule has 1 aliphatic carbocycles. The molecular weight excluding hydrogens is 510 g/mol. The van der Waals surface area contributed by atoms with Crippen molar-refractivity contribution in [2.24, 2.45) is 0 Å². The first-order valence-electron chi connectivity index (χ1n) is 12.3. The number of carbonyl (C=O) groups excluding carboxylic acids is 1. The molecule has 0 saturated heterocycles. The van der Waals surface area contributed by atoms with Crippen LogP contribution in [-0.4, -0.2) is 73.9 Å². The molecule has 1 aromatic carbocycles. The van der Waals surface area contributed by atoms with Crippen LogP contribution in [0.15, 0.2) is 36.7 Å². The molecule has 3 heterocycles. The minimum Gasteiger partial charge on any atom is -0.476 e. The fourth-order valence-corrected chi connectivity index (χ4v) is 5.76. The van der Waals surface area contributed by atoms with Gasteiger partial charge in [-0.1, -0.05) is 12.5 Å². The molecule has 0 radical (unpaired) electrons. The predicted octanol–water partition coefficient (Wildman–Crippen LogP) is 3.45. The fourth-order valence-electron chi connectivity index (χ4n) is 5.21. The summed E-state index contributed by atoms with van der Waals surface area (Å²) in [5.41, 5.74) is 3.76. The predicted molar refractivity (Wildman–Crippen MR) is 143 cm³/mol. The number of benzene rings is 1. The molecular formula is C26H29N5O6S. The van der Waals surface area contributed by atoms with Crippen molar-refractivity contribution in [1.29, 1.82) is 0 Å². The van der Waals surface area contributed by atoms with Gasteiger partial charge in [0.2, 0.25) is 21.8 Å². The zero-order chi connectivity index (χ0) is 27.2. The molecule has 11 nitrogen and oxygen atoms in total. The summed E-state index contributed by atoms with van der Waals surface area (Å²) in [6.07, 6.45) is 6.39. The molecule has 2 aliphatic rings. The molecule has 0 unspecified atom stereocenters. The van der Waals surface area contributed by atoms with E-state index in [0.717, 1.165) is 58.1 Å². The number of anilines is 2. The Labute approximate surface area is 220 Å². The number of aromatic nitrogens is 2.